The molecule has 2 rings (SSSR count). The number of hydrazine groups is 1. The highest BCUT2D eigenvalue weighted by Gasteiger charge is 2.24. The molecule has 2 heterocycles. The number of nitrogens with two attached hydrogens (primary N) is 1. The van der Waals surface area contributed by atoms with Gasteiger partial charge in [-0.25, -0.2) is 0 Å². The highest BCUT2D eigenvalue weighted by molar-refractivity contribution is 5.93. The lowest BCUT2D eigenvalue weighted by molar-refractivity contribution is 0.0266. The second kappa shape index (κ2) is 5.79. The molecule has 6 nitrogen and oxygen atoms in total. The minimum Gasteiger partial charge on any atom is -0.380 e. The zero-order valence-corrected chi connectivity index (χ0v) is 10.4. The van der Waals surface area contributed by atoms with Gasteiger partial charge in [0.05, 0.1) is 11.8 Å². The summed E-state index contributed by atoms with van der Waals surface area (Å²) >= 11 is 0. The van der Waals surface area contributed by atoms with Crippen LogP contribution >= 0.6 is 0 Å². The summed E-state index contributed by atoms with van der Waals surface area (Å²) in [5.41, 5.74) is 3.59. The van der Waals surface area contributed by atoms with Gasteiger partial charge in [0.2, 0.25) is 0 Å². The number of nitrogens with zero attached hydrogens (tertiary/aromatic N) is 2. The Balaban J connectivity index is 2.10. The fourth-order valence-electron chi connectivity index (χ4n) is 2.11. The zero-order chi connectivity index (χ0) is 13.0. The van der Waals surface area contributed by atoms with Crippen LogP contribution in [-0.4, -0.2) is 42.1 Å². The number of anilines is 1. The van der Waals surface area contributed by atoms with Gasteiger partial charge >= 0.3 is 0 Å². The number of aromatic nitrogens is 1. The van der Waals surface area contributed by atoms with Gasteiger partial charge in [0, 0.05) is 26.4 Å². The first kappa shape index (κ1) is 12.8. The lowest BCUT2D eigenvalue weighted by atomic mass is 10.1. The summed E-state index contributed by atoms with van der Waals surface area (Å²) in [6.07, 6.45) is 3.65. The average molecular weight is 250 g/mol. The first-order valence-corrected chi connectivity index (χ1v) is 5.99. The van der Waals surface area contributed by atoms with Crippen molar-refractivity contribution in [2.24, 2.45) is 5.84 Å². The highest BCUT2D eigenvalue weighted by Crippen LogP contribution is 2.16. The lowest BCUT2D eigenvalue weighted by Crippen LogP contribution is -2.43. The Kier molecular flexibility index (Phi) is 4.11. The van der Waals surface area contributed by atoms with E-state index >= 15 is 0 Å². The molecule has 1 aromatic heterocycles. The quantitative estimate of drug-likeness (QED) is 0.607. The summed E-state index contributed by atoms with van der Waals surface area (Å²) < 4.78 is 5.31. The van der Waals surface area contributed by atoms with Crippen molar-refractivity contribution >= 4 is 11.6 Å². The van der Waals surface area contributed by atoms with Gasteiger partial charge < -0.3 is 15.1 Å². The number of carbonyl (C=O) groups is 1. The number of piperidine rings is 1. The van der Waals surface area contributed by atoms with Crippen LogP contribution in [0.5, 0.6) is 0 Å². The first-order valence-electron chi connectivity index (χ1n) is 5.99. The zero-order valence-electron chi connectivity index (χ0n) is 10.4. The van der Waals surface area contributed by atoms with Gasteiger partial charge in [-0.3, -0.25) is 15.6 Å². The van der Waals surface area contributed by atoms with Crippen molar-refractivity contribution in [3.63, 3.8) is 0 Å². The van der Waals surface area contributed by atoms with Crippen molar-refractivity contribution in [1.29, 1.82) is 0 Å². The SMILES string of the molecule is COC1CCCN(C(=O)c2cc(NN)ccn2)C1. The average Bonchev–Trinajstić information content (AvgIpc) is 2.46. The summed E-state index contributed by atoms with van der Waals surface area (Å²) in [6, 6.07) is 3.36. The minimum absolute atomic E-state index is 0.0751. The van der Waals surface area contributed by atoms with E-state index in [1.165, 1.54) is 0 Å². The summed E-state index contributed by atoms with van der Waals surface area (Å²) in [5, 5.41) is 0. The Morgan fingerprint density at radius 2 is 2.50 bits per heavy atom. The van der Waals surface area contributed by atoms with Gasteiger partial charge in [0.15, 0.2) is 0 Å². The smallest absolute Gasteiger partial charge is 0.272 e. The molecule has 0 radical (unpaired) electrons. The number of methoxy groups -OCH3 is 1. The van der Waals surface area contributed by atoms with Crippen LogP contribution in [0.3, 0.4) is 0 Å². The molecule has 0 spiro atoms. The minimum atomic E-state index is -0.0751. The van der Waals surface area contributed by atoms with E-state index in [-0.39, 0.29) is 12.0 Å². The molecule has 18 heavy (non-hydrogen) atoms. The van der Waals surface area contributed by atoms with E-state index in [4.69, 9.17) is 10.6 Å². The van der Waals surface area contributed by atoms with Gasteiger partial charge in [0.25, 0.3) is 5.91 Å². The fraction of sp³-hybridized carbons (Fsp3) is 0.500. The Bertz CT molecular complexity index is 424. The number of hydrogen-bond donors (Lipinski definition) is 2. The molecule has 0 bridgehead atoms. The standard InChI is InChI=1S/C12H18N4O2/c1-18-10-3-2-6-16(8-10)12(17)11-7-9(15-13)4-5-14-11/h4-5,7,10H,2-3,6,8,13H2,1H3,(H,14,15). The van der Waals surface area contributed by atoms with Crippen LogP contribution in [0.2, 0.25) is 0 Å². The van der Waals surface area contributed by atoms with Gasteiger partial charge in [-0.2, -0.15) is 0 Å². The molecule has 1 aliphatic heterocycles. The van der Waals surface area contributed by atoms with E-state index in [2.05, 4.69) is 10.4 Å². The van der Waals surface area contributed by atoms with E-state index in [0.29, 0.717) is 17.9 Å². The molecule has 6 heteroatoms. The second-order valence-corrected chi connectivity index (χ2v) is 4.33. The first-order chi connectivity index (χ1) is 8.74. The molecule has 98 valence electrons. The highest BCUT2D eigenvalue weighted by atomic mass is 16.5. The molecule has 3 N–H and O–H groups in total. The molecule has 1 amide bonds. The van der Waals surface area contributed by atoms with Crippen LogP contribution in [0.15, 0.2) is 18.3 Å². The third-order valence-electron chi connectivity index (χ3n) is 3.14. The predicted octanol–water partition coefficient (Wildman–Crippen LogP) is 0.618. The van der Waals surface area contributed by atoms with Crippen molar-refractivity contribution in [2.45, 2.75) is 18.9 Å². The van der Waals surface area contributed by atoms with Crippen LogP contribution in [-0.2, 0) is 4.74 Å². The van der Waals surface area contributed by atoms with Crippen LogP contribution in [0, 0.1) is 0 Å². The maximum atomic E-state index is 12.3. The molecule has 1 aliphatic rings. The largest absolute Gasteiger partial charge is 0.380 e. The molecule has 1 aromatic rings. The summed E-state index contributed by atoms with van der Waals surface area (Å²) in [5.74, 6) is 5.24. The van der Waals surface area contributed by atoms with Gasteiger partial charge in [-0.05, 0) is 25.0 Å². The number of nitrogen functional groups attached to an aromatic ring is 1. The van der Waals surface area contributed by atoms with E-state index in [1.54, 1.807) is 30.3 Å². The van der Waals surface area contributed by atoms with Crippen molar-refractivity contribution in [1.82, 2.24) is 9.88 Å². The topological polar surface area (TPSA) is 80.5 Å². The Morgan fingerprint density at radius 3 is 3.22 bits per heavy atom. The number of amides is 1. The van der Waals surface area contributed by atoms with Crippen LogP contribution in [0.25, 0.3) is 0 Å². The molecule has 1 atom stereocenters. The summed E-state index contributed by atoms with van der Waals surface area (Å²) in [6.45, 7) is 1.37. The molecule has 1 fully saturated rings. The molecular formula is C12H18N4O2. The number of carbonyl (C=O) groups excluding carboxylic acids is 1. The van der Waals surface area contributed by atoms with E-state index < -0.39 is 0 Å². The molecular weight excluding hydrogens is 232 g/mol. The van der Waals surface area contributed by atoms with Gasteiger partial charge in [-0.15, -0.1) is 0 Å². The van der Waals surface area contributed by atoms with E-state index in [0.717, 1.165) is 19.4 Å². The van der Waals surface area contributed by atoms with Crippen molar-refractivity contribution in [2.75, 3.05) is 25.6 Å². The predicted molar refractivity (Wildman–Crippen MR) is 68.0 cm³/mol. The Labute approximate surface area is 106 Å². The number of hydrogen-bond acceptors (Lipinski definition) is 5. The number of nitrogens with one attached hydrogen (secondary N) is 1. The normalized spacial score (nSPS) is 19.7. The van der Waals surface area contributed by atoms with Gasteiger partial charge in [-0.1, -0.05) is 0 Å². The van der Waals surface area contributed by atoms with E-state index in [9.17, 15) is 4.79 Å². The molecule has 0 saturated carbocycles. The maximum absolute atomic E-state index is 12.3. The van der Waals surface area contributed by atoms with Crippen molar-refractivity contribution < 1.29 is 9.53 Å². The van der Waals surface area contributed by atoms with E-state index in [1.807, 2.05) is 0 Å². The Morgan fingerprint density at radius 1 is 1.67 bits per heavy atom. The van der Waals surface area contributed by atoms with Crippen molar-refractivity contribution in [3.05, 3.63) is 24.0 Å². The molecule has 1 saturated heterocycles. The van der Waals surface area contributed by atoms with Crippen LogP contribution < -0.4 is 11.3 Å². The molecule has 0 aliphatic carbocycles. The Hall–Kier alpha value is -1.66. The lowest BCUT2D eigenvalue weighted by Gasteiger charge is -2.31. The maximum Gasteiger partial charge on any atom is 0.272 e. The monoisotopic (exact) mass is 250 g/mol. The third-order valence-corrected chi connectivity index (χ3v) is 3.14. The number of rotatable bonds is 3. The third kappa shape index (κ3) is 2.77. The number of ether oxygens (including phenoxy) is 1. The summed E-state index contributed by atoms with van der Waals surface area (Å²) in [4.78, 5) is 18.1. The number of pyridine rings is 1. The van der Waals surface area contributed by atoms with Crippen LogP contribution in [0.1, 0.15) is 23.3 Å². The molecule has 1 unspecified atom stereocenters. The fourth-order valence-corrected chi connectivity index (χ4v) is 2.11. The van der Waals surface area contributed by atoms with Gasteiger partial charge in [0.1, 0.15) is 5.69 Å². The number of likely N-dealkylation sites (tertiary alicyclic amines) is 1. The molecule has 0 aromatic carbocycles. The van der Waals surface area contributed by atoms with Crippen LogP contribution in [0.4, 0.5) is 5.69 Å². The second-order valence-electron chi connectivity index (χ2n) is 4.33. The van der Waals surface area contributed by atoms with Crippen molar-refractivity contribution in [3.8, 4) is 0 Å². The summed E-state index contributed by atoms with van der Waals surface area (Å²) in [7, 11) is 1.68.